The number of piperidine rings is 1. The van der Waals surface area contributed by atoms with Crippen molar-refractivity contribution in [1.82, 2.24) is 0 Å². The Morgan fingerprint density at radius 3 is 2.68 bits per heavy atom. The number of thiophene rings is 1. The molecular weight excluding hydrogens is 258 g/mol. The van der Waals surface area contributed by atoms with Crippen molar-refractivity contribution in [2.75, 3.05) is 23.7 Å². The molecule has 3 rings (SSSR count). The zero-order chi connectivity index (χ0) is 13.6. The van der Waals surface area contributed by atoms with E-state index in [2.05, 4.69) is 11.8 Å². The van der Waals surface area contributed by atoms with Crippen LogP contribution in [0.15, 0.2) is 0 Å². The average Bonchev–Trinajstić information content (AvgIpc) is 3.12. The predicted octanol–water partition coefficient (Wildman–Crippen LogP) is 2.54. The molecule has 1 atom stereocenters. The van der Waals surface area contributed by atoms with E-state index >= 15 is 0 Å². The average molecular weight is 279 g/mol. The van der Waals surface area contributed by atoms with E-state index in [4.69, 9.17) is 11.5 Å². The summed E-state index contributed by atoms with van der Waals surface area (Å²) < 4.78 is 0. The lowest BCUT2D eigenvalue weighted by Crippen LogP contribution is -2.34. The highest BCUT2D eigenvalue weighted by atomic mass is 32.1. The monoisotopic (exact) mass is 279 g/mol. The second-order valence-electron chi connectivity index (χ2n) is 5.90. The van der Waals surface area contributed by atoms with Crippen LogP contribution < -0.4 is 16.4 Å². The van der Waals surface area contributed by atoms with Crippen LogP contribution in [0.5, 0.6) is 0 Å². The molecule has 1 aliphatic carbocycles. The fraction of sp³-hybridized carbons (Fsp3) is 0.643. The summed E-state index contributed by atoms with van der Waals surface area (Å²) in [7, 11) is 0. The Bertz CT molecular complexity index is 507. The van der Waals surface area contributed by atoms with Gasteiger partial charge in [0.15, 0.2) is 0 Å². The molecule has 1 aliphatic heterocycles. The molecule has 2 aliphatic rings. The van der Waals surface area contributed by atoms with Gasteiger partial charge in [-0.05, 0) is 37.5 Å². The topological polar surface area (TPSA) is 72.3 Å². The Morgan fingerprint density at radius 2 is 2.11 bits per heavy atom. The van der Waals surface area contributed by atoms with Crippen LogP contribution in [0.25, 0.3) is 0 Å². The van der Waals surface area contributed by atoms with Crippen molar-refractivity contribution in [1.29, 1.82) is 0 Å². The molecule has 5 heteroatoms. The van der Waals surface area contributed by atoms with E-state index < -0.39 is 0 Å². The van der Waals surface area contributed by atoms with Gasteiger partial charge in [0.2, 0.25) is 0 Å². The number of hydrogen-bond acceptors (Lipinski definition) is 4. The largest absolute Gasteiger partial charge is 0.397 e. The van der Waals surface area contributed by atoms with E-state index in [1.165, 1.54) is 47.6 Å². The Kier molecular flexibility index (Phi) is 3.17. The summed E-state index contributed by atoms with van der Waals surface area (Å²) in [5.41, 5.74) is 13.5. The molecule has 0 aromatic carbocycles. The van der Waals surface area contributed by atoms with Gasteiger partial charge in [-0.25, -0.2) is 0 Å². The first-order valence-corrected chi connectivity index (χ1v) is 7.86. The van der Waals surface area contributed by atoms with Gasteiger partial charge in [-0.2, -0.15) is 0 Å². The number of nitrogens with two attached hydrogens (primary N) is 2. The smallest absolute Gasteiger partial charge is 0.260 e. The maximum Gasteiger partial charge on any atom is 0.260 e. The van der Waals surface area contributed by atoms with Gasteiger partial charge >= 0.3 is 0 Å². The van der Waals surface area contributed by atoms with Crippen LogP contribution in [0.1, 0.15) is 53.8 Å². The number of carbonyl (C=O) groups excluding carboxylic acids is 1. The number of anilines is 2. The molecule has 0 spiro atoms. The number of nitrogen functional groups attached to an aromatic ring is 1. The summed E-state index contributed by atoms with van der Waals surface area (Å²) in [5.74, 6) is 0.874. The minimum Gasteiger partial charge on any atom is -0.397 e. The molecule has 2 heterocycles. The third-order valence-corrected chi connectivity index (χ3v) is 5.41. The summed E-state index contributed by atoms with van der Waals surface area (Å²) in [6, 6.07) is 0. The van der Waals surface area contributed by atoms with Crippen molar-refractivity contribution >= 4 is 27.9 Å². The van der Waals surface area contributed by atoms with E-state index in [0.717, 1.165) is 13.1 Å². The van der Waals surface area contributed by atoms with Crippen molar-refractivity contribution in [3.05, 3.63) is 10.4 Å². The minimum atomic E-state index is -0.388. The number of rotatable bonds is 3. The lowest BCUT2D eigenvalue weighted by atomic mass is 10.00. The number of amides is 1. The quantitative estimate of drug-likeness (QED) is 0.893. The van der Waals surface area contributed by atoms with Gasteiger partial charge in [-0.3, -0.25) is 4.79 Å². The van der Waals surface area contributed by atoms with E-state index in [0.29, 0.717) is 22.4 Å². The van der Waals surface area contributed by atoms with Crippen molar-refractivity contribution in [2.24, 2.45) is 11.7 Å². The molecule has 1 unspecified atom stereocenters. The van der Waals surface area contributed by atoms with Crippen molar-refractivity contribution in [2.45, 2.75) is 38.5 Å². The maximum absolute atomic E-state index is 11.5. The highest BCUT2D eigenvalue weighted by Gasteiger charge is 2.34. The van der Waals surface area contributed by atoms with Crippen LogP contribution in [0.2, 0.25) is 0 Å². The summed E-state index contributed by atoms with van der Waals surface area (Å²) in [5, 5.41) is 1.21. The third-order valence-electron chi connectivity index (χ3n) is 4.12. The Balaban J connectivity index is 1.99. The SMILES string of the molecule is CC1CCCN(c2sc(C(N)=O)c(N)c2C2CC2)C1. The first kappa shape index (κ1) is 12.8. The second-order valence-corrected chi connectivity index (χ2v) is 6.89. The Hall–Kier alpha value is -1.23. The van der Waals surface area contributed by atoms with Crippen molar-refractivity contribution in [3.8, 4) is 0 Å². The minimum absolute atomic E-state index is 0.388. The molecule has 0 bridgehead atoms. The highest BCUT2D eigenvalue weighted by Crippen LogP contribution is 2.52. The van der Waals surface area contributed by atoms with Crippen molar-refractivity contribution in [3.63, 3.8) is 0 Å². The van der Waals surface area contributed by atoms with Gasteiger partial charge in [0.25, 0.3) is 5.91 Å². The first-order valence-electron chi connectivity index (χ1n) is 7.04. The molecule has 19 heavy (non-hydrogen) atoms. The van der Waals surface area contributed by atoms with Crippen LogP contribution in [-0.2, 0) is 0 Å². The molecule has 1 aromatic heterocycles. The molecule has 4 nitrogen and oxygen atoms in total. The van der Waals surface area contributed by atoms with Gasteiger partial charge in [-0.1, -0.05) is 6.92 Å². The molecule has 1 saturated heterocycles. The molecule has 1 saturated carbocycles. The lowest BCUT2D eigenvalue weighted by Gasteiger charge is -2.32. The summed E-state index contributed by atoms with van der Waals surface area (Å²) in [4.78, 5) is 14.5. The summed E-state index contributed by atoms with van der Waals surface area (Å²) in [6.45, 7) is 4.43. The van der Waals surface area contributed by atoms with Crippen LogP contribution in [0.3, 0.4) is 0 Å². The number of hydrogen-bond donors (Lipinski definition) is 2. The molecule has 104 valence electrons. The van der Waals surface area contributed by atoms with Crippen LogP contribution in [0.4, 0.5) is 10.7 Å². The Morgan fingerprint density at radius 1 is 1.37 bits per heavy atom. The van der Waals surface area contributed by atoms with Gasteiger partial charge in [0.05, 0.1) is 10.7 Å². The summed E-state index contributed by atoms with van der Waals surface area (Å²) in [6.07, 6.45) is 4.89. The van der Waals surface area contributed by atoms with Crippen LogP contribution >= 0.6 is 11.3 Å². The van der Waals surface area contributed by atoms with Crippen LogP contribution in [-0.4, -0.2) is 19.0 Å². The van der Waals surface area contributed by atoms with Gasteiger partial charge < -0.3 is 16.4 Å². The van der Waals surface area contributed by atoms with E-state index in [-0.39, 0.29) is 5.91 Å². The van der Waals surface area contributed by atoms with E-state index in [1.54, 1.807) is 0 Å². The molecule has 1 aromatic rings. The lowest BCUT2D eigenvalue weighted by molar-refractivity contribution is 0.100. The fourth-order valence-corrected chi connectivity index (χ4v) is 4.20. The first-order chi connectivity index (χ1) is 9.08. The summed E-state index contributed by atoms with van der Waals surface area (Å²) >= 11 is 1.50. The van der Waals surface area contributed by atoms with Crippen molar-refractivity contribution < 1.29 is 4.79 Å². The fourth-order valence-electron chi connectivity index (χ4n) is 3.00. The Labute approximate surface area is 117 Å². The number of nitrogens with zero attached hydrogens (tertiary/aromatic N) is 1. The number of primary amides is 1. The third kappa shape index (κ3) is 2.31. The van der Waals surface area contributed by atoms with Gasteiger partial charge in [-0.15, -0.1) is 11.3 Å². The highest BCUT2D eigenvalue weighted by molar-refractivity contribution is 7.18. The normalized spacial score (nSPS) is 23.6. The standard InChI is InChI=1S/C14H21N3OS/c1-8-3-2-6-17(7-8)14-10(9-4-5-9)11(15)12(19-14)13(16)18/h8-9H,2-7,15H2,1H3,(H2,16,18). The number of carbonyl (C=O) groups is 1. The maximum atomic E-state index is 11.5. The zero-order valence-electron chi connectivity index (χ0n) is 11.3. The zero-order valence-corrected chi connectivity index (χ0v) is 12.1. The predicted molar refractivity (Wildman–Crippen MR) is 79.8 cm³/mol. The van der Waals surface area contributed by atoms with E-state index in [9.17, 15) is 4.79 Å². The van der Waals surface area contributed by atoms with E-state index in [1.807, 2.05) is 0 Å². The second kappa shape index (κ2) is 4.71. The van der Waals surface area contributed by atoms with Gasteiger partial charge in [0, 0.05) is 18.7 Å². The van der Waals surface area contributed by atoms with Gasteiger partial charge in [0.1, 0.15) is 4.88 Å². The molecule has 0 radical (unpaired) electrons. The molecule has 1 amide bonds. The van der Waals surface area contributed by atoms with Crippen LogP contribution in [0, 0.1) is 5.92 Å². The molecule has 4 N–H and O–H groups in total. The molecule has 2 fully saturated rings. The molecular formula is C14H21N3OS.